The van der Waals surface area contributed by atoms with E-state index in [-0.39, 0.29) is 0 Å². The summed E-state index contributed by atoms with van der Waals surface area (Å²) < 4.78 is 43.5. The number of aliphatic hydroxyl groups excluding tert-OH is 1. The first-order valence-corrected chi connectivity index (χ1v) is 9.48. The van der Waals surface area contributed by atoms with Gasteiger partial charge in [0.25, 0.3) is 0 Å². The molecule has 0 saturated carbocycles. The van der Waals surface area contributed by atoms with E-state index >= 15 is 0 Å². The molecule has 0 unspecified atom stereocenters. The van der Waals surface area contributed by atoms with Crippen LogP contribution in [0.25, 0.3) is 0 Å². The zero-order valence-electron chi connectivity index (χ0n) is 18.7. The Hall–Kier alpha value is -1.99. The lowest BCUT2D eigenvalue weighted by Gasteiger charge is -2.30. The number of methoxy groups -OCH3 is 1. The summed E-state index contributed by atoms with van der Waals surface area (Å²) in [5.41, 5.74) is 0.413. The fraction of sp³-hybridized carbons (Fsp3) is 0.182. The van der Waals surface area contributed by atoms with Crippen molar-refractivity contribution >= 4 is 18.5 Å². The summed E-state index contributed by atoms with van der Waals surface area (Å²) in [7, 11) is -3.89. The summed E-state index contributed by atoms with van der Waals surface area (Å²) >= 11 is 0. The van der Waals surface area contributed by atoms with Crippen LogP contribution in [0.1, 0.15) is 23.1 Å². The first-order valence-electron chi connectivity index (χ1n) is 10.6. The molecule has 0 spiro atoms. The van der Waals surface area contributed by atoms with Gasteiger partial charge in [0.1, 0.15) is 0 Å². The third-order valence-corrected chi connectivity index (χ3v) is 6.68. The first-order chi connectivity index (χ1) is 14.4. The van der Waals surface area contributed by atoms with Crippen molar-refractivity contribution in [2.45, 2.75) is 18.3 Å². The van der Waals surface area contributed by atoms with E-state index in [4.69, 9.17) is 11.7 Å². The number of rotatable bonds is 8. The Labute approximate surface area is 158 Å². The van der Waals surface area contributed by atoms with Crippen LogP contribution >= 0.6 is 7.92 Å². The van der Waals surface area contributed by atoms with E-state index in [9.17, 15) is 0 Å². The minimum atomic E-state index is -2.77. The lowest BCUT2D eigenvalue weighted by Crippen LogP contribution is -2.21. The largest absolute Gasteiger partial charge is 0.368 e. The van der Waals surface area contributed by atoms with Gasteiger partial charge in [0.2, 0.25) is 1.43 Å². The van der Waals surface area contributed by atoms with E-state index in [1.807, 2.05) is 91.0 Å². The second-order valence-electron chi connectivity index (χ2n) is 5.58. The zero-order valence-corrected chi connectivity index (χ0v) is 14.6. The maximum Gasteiger partial charge on any atom is 0.213 e. The van der Waals surface area contributed by atoms with Gasteiger partial charge in [0, 0.05) is 20.5 Å². The molecule has 3 rings (SSSR count). The van der Waals surface area contributed by atoms with Gasteiger partial charge in [-0.1, -0.05) is 91.0 Å². The molecule has 3 atom stereocenters. The van der Waals surface area contributed by atoms with Gasteiger partial charge >= 0.3 is 0 Å². The fourth-order valence-electron chi connectivity index (χ4n) is 2.83. The van der Waals surface area contributed by atoms with Crippen LogP contribution in [-0.2, 0) is 4.74 Å². The quantitative estimate of drug-likeness (QED) is 0.484. The lowest BCUT2D eigenvalue weighted by molar-refractivity contribution is -0.0783. The molecule has 0 radical (unpaired) electrons. The molecule has 3 aromatic carbocycles. The summed E-state index contributed by atoms with van der Waals surface area (Å²) in [5, 5.41) is 6.69. The highest BCUT2D eigenvalue weighted by atomic mass is 31.1. The normalized spacial score (nSPS) is 18.2. The number of aliphatic hydroxyl groups is 1. The van der Waals surface area contributed by atoms with E-state index < -0.39 is 33.3 Å². The first kappa shape index (κ1) is 12.4. The Morgan fingerprint density at radius 3 is 1.92 bits per heavy atom. The summed E-state index contributed by atoms with van der Waals surface area (Å²) in [4.78, 5) is 0. The van der Waals surface area contributed by atoms with Crippen LogP contribution in [-0.4, -0.2) is 19.9 Å². The zero-order chi connectivity index (χ0) is 21.6. The van der Waals surface area contributed by atoms with E-state index in [1.165, 1.54) is 0 Å². The molecule has 2 nitrogen and oxygen atoms in total. The van der Waals surface area contributed by atoms with Crippen molar-refractivity contribution in [1.82, 2.24) is 0 Å². The Bertz CT molecular complexity index is 854. The van der Waals surface area contributed by atoms with Crippen LogP contribution in [0.15, 0.2) is 91.0 Å². The Morgan fingerprint density at radius 1 is 0.920 bits per heavy atom. The van der Waals surface area contributed by atoms with Gasteiger partial charge in [-0.3, -0.25) is 0 Å². The number of benzene rings is 3. The molecule has 0 heterocycles. The molecule has 25 heavy (non-hydrogen) atoms. The van der Waals surface area contributed by atoms with Crippen LogP contribution in [0.3, 0.4) is 0 Å². The molecule has 128 valence electrons. The van der Waals surface area contributed by atoms with Crippen molar-refractivity contribution in [2.75, 3.05) is 7.04 Å². The molecule has 0 fully saturated rings. The number of hydrogen-bond acceptors (Lipinski definition) is 2. The molecule has 0 saturated heterocycles. The Balaban J connectivity index is 2.13. The SMILES string of the molecule is [2H]O[C@H](OC([2H])([2H])[2H])[C@@H]([2H])[C@H](c1ccccc1)P(c1ccccc1)c1ccccc1. The predicted octanol–water partition coefficient (Wildman–Crippen LogP) is 4.22. The van der Waals surface area contributed by atoms with Gasteiger partial charge in [0.05, 0.1) is 4.11 Å². The minimum absolute atomic E-state index is 0.455. The third-order valence-electron chi connectivity index (χ3n) is 3.94. The van der Waals surface area contributed by atoms with Crippen LogP contribution in [0.2, 0.25) is 0 Å². The maximum absolute atomic E-state index is 8.93. The van der Waals surface area contributed by atoms with Gasteiger partial charge in [-0.05, 0) is 24.1 Å². The van der Waals surface area contributed by atoms with Crippen molar-refractivity contribution in [3.8, 4) is 0 Å². The van der Waals surface area contributed by atoms with Gasteiger partial charge < -0.3 is 9.85 Å². The van der Waals surface area contributed by atoms with E-state index in [2.05, 4.69) is 5.11 Å². The third kappa shape index (κ3) is 4.55. The average Bonchev–Trinajstić information content (AvgIpc) is 2.76. The van der Waals surface area contributed by atoms with Crippen LogP contribution < -0.4 is 10.6 Å². The average molecular weight is 355 g/mol. The van der Waals surface area contributed by atoms with Gasteiger partial charge in [-0.2, -0.15) is 0 Å². The minimum Gasteiger partial charge on any atom is -0.368 e. The Kier molecular flexibility index (Phi) is 4.41. The van der Waals surface area contributed by atoms with Gasteiger partial charge in [-0.15, -0.1) is 0 Å². The highest BCUT2D eigenvalue weighted by Crippen LogP contribution is 2.51. The molecule has 3 heteroatoms. The van der Waals surface area contributed by atoms with Crippen LogP contribution in [0.5, 0.6) is 0 Å². The summed E-state index contributed by atoms with van der Waals surface area (Å²) in [6.07, 6.45) is -2.67. The molecular formula is C22H23O2P. The second kappa shape index (κ2) is 8.92. The number of hydrogen-bond donors (Lipinski definition) is 1. The number of ether oxygens (including phenoxy) is 1. The maximum atomic E-state index is 8.93. The Morgan fingerprint density at radius 2 is 1.44 bits per heavy atom. The molecule has 0 bridgehead atoms. The highest BCUT2D eigenvalue weighted by molar-refractivity contribution is 7.73. The highest BCUT2D eigenvalue weighted by Gasteiger charge is 2.28. The van der Waals surface area contributed by atoms with E-state index in [0.717, 1.165) is 16.2 Å². The molecule has 0 aromatic heterocycles. The smallest absolute Gasteiger partial charge is 0.213 e. The molecule has 0 aliphatic heterocycles. The van der Waals surface area contributed by atoms with Crippen molar-refractivity contribution in [3.63, 3.8) is 0 Å². The molecule has 0 aliphatic rings. The van der Waals surface area contributed by atoms with Crippen molar-refractivity contribution in [2.24, 2.45) is 0 Å². The second-order valence-corrected chi connectivity index (χ2v) is 7.90. The van der Waals surface area contributed by atoms with Crippen molar-refractivity contribution in [3.05, 3.63) is 96.6 Å². The fourth-order valence-corrected chi connectivity index (χ4v) is 5.54. The van der Waals surface area contributed by atoms with Crippen molar-refractivity contribution < 1.29 is 15.3 Å². The molecular weight excluding hydrogens is 327 g/mol. The summed E-state index contributed by atoms with van der Waals surface area (Å²) in [6.45, 7) is 0. The van der Waals surface area contributed by atoms with E-state index in [1.54, 1.807) is 0 Å². The monoisotopic (exact) mass is 355 g/mol. The molecule has 3 aromatic rings. The topological polar surface area (TPSA) is 29.5 Å². The van der Waals surface area contributed by atoms with E-state index in [0.29, 0.717) is 0 Å². The van der Waals surface area contributed by atoms with Crippen molar-refractivity contribution in [1.29, 1.82) is 1.43 Å². The summed E-state index contributed by atoms with van der Waals surface area (Å²) in [5.74, 6) is 0. The standard InChI is InChI=1S/C22H23O2P/c1-24-22(23)17-21(18-11-5-2-6-12-18)25(19-13-7-3-8-14-19)20-15-9-4-10-16-20/h2-16,21-23H,17H2,1H3/t21-,22-/m1/s1/i1D3,17D,23D/t17-,21+,22+/m0. The molecule has 0 aliphatic carbocycles. The van der Waals surface area contributed by atoms with Crippen LogP contribution in [0.4, 0.5) is 0 Å². The van der Waals surface area contributed by atoms with Gasteiger partial charge in [0.15, 0.2) is 6.29 Å². The molecule has 0 amide bonds. The summed E-state index contributed by atoms with van der Waals surface area (Å²) in [6, 6.07) is 29.2. The lowest BCUT2D eigenvalue weighted by atomic mass is 10.1. The predicted molar refractivity (Wildman–Crippen MR) is 106 cm³/mol. The van der Waals surface area contributed by atoms with Crippen LogP contribution in [0, 0.1) is 0 Å². The molecule has 1 N–H and O–H groups in total. The van der Waals surface area contributed by atoms with Gasteiger partial charge in [-0.25, -0.2) is 0 Å².